The number of nitrogens with one attached hydrogen (secondary N) is 3. The number of nitrogens with zero attached hydrogens (tertiary/aromatic N) is 2. The van der Waals surface area contributed by atoms with Gasteiger partial charge in [-0.2, -0.15) is 18.4 Å². The Morgan fingerprint density at radius 3 is 2.57 bits per heavy atom. The minimum absolute atomic E-state index is 0.0980. The van der Waals surface area contributed by atoms with Crippen LogP contribution in [0.3, 0.4) is 0 Å². The number of aromatic amines is 1. The standard InChI is InChI=1S/C23H28F3N5O3Si/c24-23(25,26)18-4-3-16(29-18)21(34)31-13-35(7-1-2-8-35)12-17(31)20(33)28-15(11-27)9-14-10-22(5-6-22)30-19(14)32/h3-4,14-15,17,29H,1-2,5-10,12-13H2,(H,28,33)(H,30,32). The Bertz CT molecular complexity index is 1090. The number of nitriles is 1. The van der Waals surface area contributed by atoms with Crippen molar-refractivity contribution >= 4 is 25.8 Å². The normalized spacial score (nSPS) is 27.1. The first-order valence-corrected chi connectivity index (χ1v) is 15.0. The van der Waals surface area contributed by atoms with E-state index in [1.807, 2.05) is 0 Å². The Labute approximate surface area is 201 Å². The molecule has 3 N–H and O–H groups in total. The second kappa shape index (κ2) is 8.39. The number of hydrogen-bond donors (Lipinski definition) is 3. The number of alkyl halides is 3. The summed E-state index contributed by atoms with van der Waals surface area (Å²) in [5.41, 5.74) is -1.35. The van der Waals surface area contributed by atoms with Crippen molar-refractivity contribution in [2.24, 2.45) is 5.92 Å². The Hall–Kier alpha value is -2.81. The number of halogens is 3. The molecule has 35 heavy (non-hydrogen) atoms. The van der Waals surface area contributed by atoms with Gasteiger partial charge in [0.15, 0.2) is 0 Å². The summed E-state index contributed by atoms with van der Waals surface area (Å²) in [5, 5.41) is 15.4. The molecule has 1 saturated carbocycles. The highest BCUT2D eigenvalue weighted by atomic mass is 28.3. The summed E-state index contributed by atoms with van der Waals surface area (Å²) in [6.45, 7) is 0. The first kappa shape index (κ1) is 23.9. The molecule has 1 aromatic heterocycles. The van der Waals surface area contributed by atoms with Crippen LogP contribution >= 0.6 is 0 Å². The van der Waals surface area contributed by atoms with Crippen molar-refractivity contribution in [3.05, 3.63) is 23.5 Å². The molecule has 3 saturated heterocycles. The van der Waals surface area contributed by atoms with Crippen LogP contribution < -0.4 is 10.6 Å². The van der Waals surface area contributed by atoms with E-state index in [1.54, 1.807) is 0 Å². The van der Waals surface area contributed by atoms with Gasteiger partial charge in [-0.1, -0.05) is 24.9 Å². The van der Waals surface area contributed by atoms with Crippen molar-refractivity contribution < 1.29 is 27.6 Å². The summed E-state index contributed by atoms with van der Waals surface area (Å²) >= 11 is 0. The van der Waals surface area contributed by atoms with Crippen molar-refractivity contribution in [2.45, 2.75) is 80.5 Å². The minimum atomic E-state index is -4.60. The molecule has 5 rings (SSSR count). The second-order valence-electron chi connectivity index (χ2n) is 10.7. The third-order valence-electron chi connectivity index (χ3n) is 8.20. The quantitative estimate of drug-likeness (QED) is 0.531. The second-order valence-corrected chi connectivity index (χ2v) is 15.5. The van der Waals surface area contributed by atoms with E-state index in [1.165, 1.54) is 4.90 Å². The average molecular weight is 508 g/mol. The highest BCUT2D eigenvalue weighted by Gasteiger charge is 2.54. The Balaban J connectivity index is 1.31. The maximum Gasteiger partial charge on any atom is 0.431 e. The predicted octanol–water partition coefficient (Wildman–Crippen LogP) is 2.71. The summed E-state index contributed by atoms with van der Waals surface area (Å²) in [4.78, 5) is 42.5. The molecule has 3 atom stereocenters. The first-order chi connectivity index (χ1) is 16.5. The van der Waals surface area contributed by atoms with E-state index in [2.05, 4.69) is 21.7 Å². The first-order valence-electron chi connectivity index (χ1n) is 12.1. The maximum absolute atomic E-state index is 13.3. The van der Waals surface area contributed by atoms with Crippen LogP contribution in [0, 0.1) is 17.2 Å². The molecule has 12 heteroatoms. The third-order valence-corrected chi connectivity index (χ3v) is 13.3. The lowest BCUT2D eigenvalue weighted by atomic mass is 9.96. The smallest absolute Gasteiger partial charge is 0.350 e. The minimum Gasteiger partial charge on any atom is -0.350 e. The number of amides is 3. The van der Waals surface area contributed by atoms with E-state index >= 15 is 0 Å². The molecule has 4 heterocycles. The van der Waals surface area contributed by atoms with Crippen LogP contribution in [-0.2, 0) is 15.8 Å². The van der Waals surface area contributed by atoms with Crippen LogP contribution in [0.4, 0.5) is 13.2 Å². The highest BCUT2D eigenvalue weighted by molar-refractivity contribution is 6.82. The van der Waals surface area contributed by atoms with Gasteiger partial charge in [-0.15, -0.1) is 0 Å². The van der Waals surface area contributed by atoms with Gasteiger partial charge in [-0.05, 0) is 43.9 Å². The van der Waals surface area contributed by atoms with Crippen LogP contribution in [0.25, 0.3) is 0 Å². The van der Waals surface area contributed by atoms with Gasteiger partial charge in [-0.25, -0.2) is 0 Å². The van der Waals surface area contributed by atoms with Gasteiger partial charge in [0.05, 0.1) is 14.1 Å². The van der Waals surface area contributed by atoms with Crippen LogP contribution in [0.1, 0.15) is 54.7 Å². The molecule has 4 fully saturated rings. The van der Waals surface area contributed by atoms with E-state index in [0.717, 1.165) is 49.9 Å². The van der Waals surface area contributed by atoms with Gasteiger partial charge in [0, 0.05) is 17.6 Å². The molecule has 3 unspecified atom stereocenters. The molecule has 8 nitrogen and oxygen atoms in total. The van der Waals surface area contributed by atoms with Gasteiger partial charge in [0.1, 0.15) is 23.5 Å². The van der Waals surface area contributed by atoms with Crippen LogP contribution in [0.15, 0.2) is 12.1 Å². The molecular weight excluding hydrogens is 479 g/mol. The van der Waals surface area contributed by atoms with E-state index in [-0.39, 0.29) is 29.5 Å². The zero-order valence-electron chi connectivity index (χ0n) is 19.2. The number of carbonyl (C=O) groups is 3. The summed E-state index contributed by atoms with van der Waals surface area (Å²) in [6, 6.07) is 4.79. The number of aromatic nitrogens is 1. The van der Waals surface area contributed by atoms with E-state index < -0.39 is 43.8 Å². The number of H-pyrrole nitrogens is 1. The fourth-order valence-corrected chi connectivity index (χ4v) is 11.6. The lowest BCUT2D eigenvalue weighted by Crippen LogP contribution is -2.49. The topological polar surface area (TPSA) is 118 Å². The molecular formula is C23H28F3N5O3Si. The van der Waals surface area contributed by atoms with Crippen molar-refractivity contribution in [1.29, 1.82) is 5.26 Å². The molecule has 1 aromatic rings. The zero-order valence-corrected chi connectivity index (χ0v) is 20.2. The fraction of sp³-hybridized carbons (Fsp3) is 0.652. The van der Waals surface area contributed by atoms with Crippen LogP contribution in [0.5, 0.6) is 0 Å². The molecule has 0 aromatic carbocycles. The largest absolute Gasteiger partial charge is 0.431 e. The predicted molar refractivity (Wildman–Crippen MR) is 120 cm³/mol. The Morgan fingerprint density at radius 1 is 1.29 bits per heavy atom. The molecule has 1 aliphatic carbocycles. The summed E-state index contributed by atoms with van der Waals surface area (Å²) in [5.74, 6) is -1.54. The molecule has 0 bridgehead atoms. The molecule has 188 valence electrons. The monoisotopic (exact) mass is 507 g/mol. The maximum atomic E-state index is 13.3. The van der Waals surface area contributed by atoms with Crippen LogP contribution in [0.2, 0.25) is 18.1 Å². The highest BCUT2D eigenvalue weighted by Crippen LogP contribution is 2.46. The van der Waals surface area contributed by atoms with Crippen molar-refractivity contribution in [3.63, 3.8) is 0 Å². The number of hydrogen-bond acceptors (Lipinski definition) is 4. The average Bonchev–Trinajstić information content (AvgIpc) is 3.27. The molecule has 3 amide bonds. The molecule has 0 radical (unpaired) electrons. The van der Waals surface area contributed by atoms with E-state index in [0.29, 0.717) is 18.6 Å². The summed E-state index contributed by atoms with van der Waals surface area (Å²) in [6.07, 6.45) is 0.593. The van der Waals surface area contributed by atoms with Crippen molar-refractivity contribution in [1.82, 2.24) is 20.5 Å². The van der Waals surface area contributed by atoms with Crippen molar-refractivity contribution in [3.8, 4) is 6.07 Å². The van der Waals surface area contributed by atoms with E-state index in [9.17, 15) is 32.8 Å². The Kier molecular flexibility index (Phi) is 5.73. The zero-order chi connectivity index (χ0) is 25.0. The van der Waals surface area contributed by atoms with Gasteiger partial charge in [0.2, 0.25) is 11.8 Å². The third kappa shape index (κ3) is 4.58. The van der Waals surface area contributed by atoms with Gasteiger partial charge in [-0.3, -0.25) is 14.4 Å². The molecule has 3 aliphatic heterocycles. The lowest BCUT2D eigenvalue weighted by Gasteiger charge is -2.25. The lowest BCUT2D eigenvalue weighted by molar-refractivity contribution is -0.140. The fourth-order valence-electron chi connectivity index (χ4n) is 6.18. The van der Waals surface area contributed by atoms with Gasteiger partial charge < -0.3 is 20.5 Å². The van der Waals surface area contributed by atoms with Gasteiger partial charge in [0.25, 0.3) is 5.91 Å². The van der Waals surface area contributed by atoms with Crippen molar-refractivity contribution in [2.75, 3.05) is 6.17 Å². The molecule has 4 aliphatic rings. The number of carbonyl (C=O) groups excluding carboxylic acids is 3. The van der Waals surface area contributed by atoms with Gasteiger partial charge >= 0.3 is 6.18 Å². The SMILES string of the molecule is N#CC(CC1CC2(CC2)NC1=O)NC(=O)C1C[Si]2(CCCC2)CN1C(=O)c1ccc(C(F)(F)F)[nH]1. The van der Waals surface area contributed by atoms with Crippen LogP contribution in [-0.4, -0.2) is 59.5 Å². The number of rotatable bonds is 5. The summed E-state index contributed by atoms with van der Waals surface area (Å²) < 4.78 is 39.1. The Morgan fingerprint density at radius 2 is 2.00 bits per heavy atom. The molecule has 2 spiro atoms. The summed E-state index contributed by atoms with van der Waals surface area (Å²) in [7, 11) is -1.94. The van der Waals surface area contributed by atoms with E-state index in [4.69, 9.17) is 0 Å².